The predicted molar refractivity (Wildman–Crippen MR) is 60.1 cm³/mol. The lowest BCUT2D eigenvalue weighted by molar-refractivity contribution is 0.575. The SMILES string of the molecule is NC(=S)N(NC(=S)S)C(N)=S. The Morgan fingerprint density at radius 3 is 1.64 bits per heavy atom. The summed E-state index contributed by atoms with van der Waals surface area (Å²) in [6.07, 6.45) is 0. The fraction of sp³-hybridized carbons (Fsp3) is 0. The Labute approximate surface area is 85.7 Å². The van der Waals surface area contributed by atoms with Gasteiger partial charge in [0.25, 0.3) is 0 Å². The molecule has 0 aromatic carbocycles. The quantitative estimate of drug-likeness (QED) is 0.252. The molecule has 11 heavy (non-hydrogen) atoms. The number of rotatable bonds is 0. The summed E-state index contributed by atoms with van der Waals surface area (Å²) >= 11 is 17.5. The first-order valence-electron chi connectivity index (χ1n) is 2.33. The monoisotopic (exact) mass is 226 g/mol. The van der Waals surface area contributed by atoms with Crippen LogP contribution in [-0.4, -0.2) is 19.6 Å². The molecular weight excluding hydrogens is 220 g/mol. The molecule has 0 aliphatic rings. The Hall–Kier alpha value is -0.180. The minimum atomic E-state index is -0.00565. The van der Waals surface area contributed by atoms with Crippen molar-refractivity contribution in [1.29, 1.82) is 0 Å². The summed E-state index contributed by atoms with van der Waals surface area (Å²) in [4.78, 5) is 0. The summed E-state index contributed by atoms with van der Waals surface area (Å²) < 4.78 is 0.186. The predicted octanol–water partition coefficient (Wildman–Crippen LogP) is -0.505. The van der Waals surface area contributed by atoms with E-state index in [0.29, 0.717) is 0 Å². The van der Waals surface area contributed by atoms with Crippen LogP contribution >= 0.6 is 49.3 Å². The van der Waals surface area contributed by atoms with Gasteiger partial charge < -0.3 is 11.5 Å². The van der Waals surface area contributed by atoms with Gasteiger partial charge in [-0.1, -0.05) is 12.2 Å². The van der Waals surface area contributed by atoms with Crippen LogP contribution in [0.25, 0.3) is 0 Å². The van der Waals surface area contributed by atoms with Gasteiger partial charge in [0, 0.05) is 0 Å². The zero-order chi connectivity index (χ0) is 9.02. The fourth-order valence-electron chi connectivity index (χ4n) is 0.314. The number of thiocarbonyl (C=S) groups is 3. The Morgan fingerprint density at radius 1 is 1.18 bits per heavy atom. The van der Waals surface area contributed by atoms with E-state index in [0.717, 1.165) is 5.01 Å². The molecule has 0 aromatic heterocycles. The maximum absolute atomic E-state index is 5.22. The molecule has 0 unspecified atom stereocenters. The maximum Gasteiger partial charge on any atom is 0.192 e. The van der Waals surface area contributed by atoms with Crippen molar-refractivity contribution in [3.05, 3.63) is 0 Å². The zero-order valence-electron chi connectivity index (χ0n) is 5.27. The number of nitrogens with zero attached hydrogens (tertiary/aromatic N) is 1. The van der Waals surface area contributed by atoms with Gasteiger partial charge in [-0.25, -0.2) is 5.01 Å². The third-order valence-electron chi connectivity index (χ3n) is 0.648. The number of hydrogen-bond acceptors (Lipinski definition) is 3. The average Bonchev–Trinajstić information content (AvgIpc) is 1.81. The highest BCUT2D eigenvalue weighted by molar-refractivity contribution is 8.11. The van der Waals surface area contributed by atoms with Crippen LogP contribution < -0.4 is 16.9 Å². The Morgan fingerprint density at radius 2 is 1.55 bits per heavy atom. The molecule has 0 saturated carbocycles. The van der Waals surface area contributed by atoms with E-state index >= 15 is 0 Å². The highest BCUT2D eigenvalue weighted by Crippen LogP contribution is 1.86. The van der Waals surface area contributed by atoms with Crippen LogP contribution in [0.1, 0.15) is 0 Å². The molecule has 0 rings (SSSR count). The van der Waals surface area contributed by atoms with Gasteiger partial charge >= 0.3 is 0 Å². The number of nitrogens with one attached hydrogen (secondary N) is 1. The first-order valence-corrected chi connectivity index (χ1v) is 4.01. The van der Waals surface area contributed by atoms with Crippen molar-refractivity contribution in [2.75, 3.05) is 0 Å². The molecule has 8 heteroatoms. The fourth-order valence-corrected chi connectivity index (χ4v) is 0.851. The van der Waals surface area contributed by atoms with Crippen LogP contribution in [-0.2, 0) is 0 Å². The van der Waals surface area contributed by atoms with Crippen LogP contribution in [0.4, 0.5) is 0 Å². The number of nitrogens with two attached hydrogens (primary N) is 2. The molecule has 0 spiro atoms. The summed E-state index contributed by atoms with van der Waals surface area (Å²) in [6, 6.07) is 0. The van der Waals surface area contributed by atoms with E-state index in [4.69, 9.17) is 11.5 Å². The van der Waals surface area contributed by atoms with E-state index in [1.165, 1.54) is 0 Å². The van der Waals surface area contributed by atoms with Crippen LogP contribution in [0, 0.1) is 0 Å². The first kappa shape index (κ1) is 10.8. The second-order valence-corrected chi connectivity index (χ2v) is 3.42. The smallest absolute Gasteiger partial charge is 0.192 e. The van der Waals surface area contributed by atoms with Gasteiger partial charge in [0.1, 0.15) is 4.32 Å². The molecule has 0 aromatic rings. The minimum Gasteiger partial charge on any atom is -0.374 e. The normalized spacial score (nSPS) is 8.45. The van der Waals surface area contributed by atoms with Crippen molar-refractivity contribution < 1.29 is 0 Å². The third-order valence-corrected chi connectivity index (χ3v) is 1.20. The lowest BCUT2D eigenvalue weighted by atomic mass is 10.9. The van der Waals surface area contributed by atoms with Gasteiger partial charge in [-0.3, -0.25) is 5.43 Å². The van der Waals surface area contributed by atoms with Crippen molar-refractivity contribution in [3.8, 4) is 0 Å². The van der Waals surface area contributed by atoms with Crippen LogP contribution in [0.5, 0.6) is 0 Å². The molecule has 62 valence electrons. The number of thiol groups is 1. The lowest BCUT2D eigenvalue weighted by Gasteiger charge is -2.20. The minimum absolute atomic E-state index is 0.00565. The van der Waals surface area contributed by atoms with Gasteiger partial charge in [-0.05, 0) is 24.4 Å². The standard InChI is InChI=1S/C3H6N4S4/c4-1(8)7(2(5)9)6-3(10)11/h(H2,4,8)(H2,5,9)(H2,6,10,11). The van der Waals surface area contributed by atoms with Gasteiger partial charge in [0.2, 0.25) is 0 Å². The van der Waals surface area contributed by atoms with Gasteiger partial charge in [-0.15, -0.1) is 12.6 Å². The van der Waals surface area contributed by atoms with E-state index in [1.54, 1.807) is 0 Å². The topological polar surface area (TPSA) is 67.3 Å². The second-order valence-electron chi connectivity index (χ2n) is 1.43. The molecule has 4 nitrogen and oxygen atoms in total. The van der Waals surface area contributed by atoms with Crippen molar-refractivity contribution in [2.45, 2.75) is 0 Å². The molecule has 5 N–H and O–H groups in total. The first-order chi connectivity index (χ1) is 4.95. The molecular formula is C3H6N4S4. The molecule has 0 radical (unpaired) electrons. The Bertz CT molecular complexity index is 188. The van der Waals surface area contributed by atoms with Gasteiger partial charge in [-0.2, -0.15) is 0 Å². The molecule has 0 heterocycles. The molecule has 0 aliphatic heterocycles. The Kier molecular flexibility index (Phi) is 4.57. The molecule has 0 atom stereocenters. The van der Waals surface area contributed by atoms with Crippen molar-refractivity contribution in [2.24, 2.45) is 11.5 Å². The summed E-state index contributed by atoms with van der Waals surface area (Å²) in [7, 11) is 0. The van der Waals surface area contributed by atoms with Crippen LogP contribution in [0.2, 0.25) is 0 Å². The van der Waals surface area contributed by atoms with E-state index in [1.807, 2.05) is 0 Å². The molecule has 0 aliphatic carbocycles. The summed E-state index contributed by atoms with van der Waals surface area (Å²) in [5.74, 6) is 0. The third kappa shape index (κ3) is 4.30. The summed E-state index contributed by atoms with van der Waals surface area (Å²) in [5, 5.41) is 1.07. The van der Waals surface area contributed by atoms with E-state index in [-0.39, 0.29) is 14.5 Å². The number of hydrogen-bond donors (Lipinski definition) is 4. The van der Waals surface area contributed by atoms with Crippen molar-refractivity contribution in [3.63, 3.8) is 0 Å². The molecule has 0 amide bonds. The van der Waals surface area contributed by atoms with E-state index in [9.17, 15) is 0 Å². The van der Waals surface area contributed by atoms with Crippen LogP contribution in [0.15, 0.2) is 0 Å². The zero-order valence-corrected chi connectivity index (χ0v) is 8.62. The van der Waals surface area contributed by atoms with Gasteiger partial charge in [0.05, 0.1) is 0 Å². The molecule has 0 fully saturated rings. The largest absolute Gasteiger partial charge is 0.374 e. The molecule has 0 bridgehead atoms. The highest BCUT2D eigenvalue weighted by Gasteiger charge is 2.08. The van der Waals surface area contributed by atoms with Crippen molar-refractivity contribution in [1.82, 2.24) is 10.4 Å². The summed E-state index contributed by atoms with van der Waals surface area (Å²) in [6.45, 7) is 0. The maximum atomic E-state index is 5.22. The van der Waals surface area contributed by atoms with Crippen LogP contribution in [0.3, 0.4) is 0 Å². The highest BCUT2D eigenvalue weighted by atomic mass is 32.1. The van der Waals surface area contributed by atoms with Gasteiger partial charge in [0.15, 0.2) is 10.2 Å². The van der Waals surface area contributed by atoms with Crippen molar-refractivity contribution >= 4 is 63.8 Å². The lowest BCUT2D eigenvalue weighted by Crippen LogP contribution is -2.52. The molecule has 0 saturated heterocycles. The Balaban J connectivity index is 4.23. The average molecular weight is 226 g/mol. The second kappa shape index (κ2) is 4.65. The summed E-state index contributed by atoms with van der Waals surface area (Å²) in [5.41, 5.74) is 12.9. The van der Waals surface area contributed by atoms with E-state index < -0.39 is 0 Å². The van der Waals surface area contributed by atoms with E-state index in [2.05, 4.69) is 54.7 Å². The number of hydrazine groups is 1.